The van der Waals surface area contributed by atoms with E-state index in [1.54, 1.807) is 48.4 Å². The maximum absolute atomic E-state index is 13.6. The molecular weight excluding hydrogens is 414 g/mol. The summed E-state index contributed by atoms with van der Waals surface area (Å²) in [4.78, 5) is 27.8. The smallest absolute Gasteiger partial charge is 0.229 e. The topological polar surface area (TPSA) is 58.6 Å². The van der Waals surface area contributed by atoms with Crippen molar-refractivity contribution in [1.29, 1.82) is 0 Å². The van der Waals surface area contributed by atoms with Crippen LogP contribution < -0.4 is 15.0 Å². The minimum atomic E-state index is -0.634. The first-order chi connectivity index (χ1) is 15.5. The Morgan fingerprint density at radius 3 is 2.12 bits per heavy atom. The van der Waals surface area contributed by atoms with Gasteiger partial charge in [-0.05, 0) is 72.6 Å². The number of rotatable bonds is 5. The first-order valence-corrected chi connectivity index (χ1v) is 10.2. The van der Waals surface area contributed by atoms with Crippen LogP contribution >= 0.6 is 0 Å². The third-order valence-corrected chi connectivity index (χ3v) is 5.61. The van der Waals surface area contributed by atoms with Gasteiger partial charge in [0.15, 0.2) is 0 Å². The molecule has 3 aromatic rings. The molecule has 0 spiro atoms. The van der Waals surface area contributed by atoms with E-state index in [1.807, 2.05) is 0 Å². The summed E-state index contributed by atoms with van der Waals surface area (Å²) in [5.74, 6) is -1.18. The first kappa shape index (κ1) is 21.5. The molecule has 0 unspecified atom stereocenters. The van der Waals surface area contributed by atoms with Crippen LogP contribution in [0.1, 0.15) is 24.4 Å². The number of anilines is 2. The molecular formula is C25H22F2N2O3. The zero-order valence-electron chi connectivity index (χ0n) is 17.4. The highest BCUT2D eigenvalue weighted by atomic mass is 19.1. The van der Waals surface area contributed by atoms with Gasteiger partial charge in [-0.15, -0.1) is 0 Å². The summed E-state index contributed by atoms with van der Waals surface area (Å²) in [6.07, 6.45) is 0.520. The average Bonchev–Trinajstić information content (AvgIpc) is 2.81. The fourth-order valence-corrected chi connectivity index (χ4v) is 4.02. The van der Waals surface area contributed by atoms with E-state index in [0.29, 0.717) is 29.1 Å². The molecule has 0 saturated carbocycles. The van der Waals surface area contributed by atoms with E-state index in [9.17, 15) is 18.4 Å². The SMILES string of the molecule is COc1ccc(N2C(=O)CC[C@H](C(=O)Nc3ccc(F)cc3)[C@@H]2c2ccc(F)cc2)cc1. The van der Waals surface area contributed by atoms with Gasteiger partial charge in [0.25, 0.3) is 0 Å². The van der Waals surface area contributed by atoms with Crippen molar-refractivity contribution >= 4 is 23.2 Å². The fourth-order valence-electron chi connectivity index (χ4n) is 4.02. The zero-order valence-corrected chi connectivity index (χ0v) is 17.4. The van der Waals surface area contributed by atoms with Crippen LogP contribution in [0.2, 0.25) is 0 Å². The summed E-state index contributed by atoms with van der Waals surface area (Å²) in [6, 6.07) is 17.7. The molecule has 0 aromatic heterocycles. The van der Waals surface area contributed by atoms with Gasteiger partial charge in [-0.1, -0.05) is 12.1 Å². The molecule has 32 heavy (non-hydrogen) atoms. The third kappa shape index (κ3) is 4.46. The minimum Gasteiger partial charge on any atom is -0.497 e. The van der Waals surface area contributed by atoms with Crippen LogP contribution in [0.15, 0.2) is 72.8 Å². The molecule has 2 amide bonds. The molecule has 4 rings (SSSR count). The van der Waals surface area contributed by atoms with Crippen LogP contribution in [-0.4, -0.2) is 18.9 Å². The average molecular weight is 436 g/mol. The highest BCUT2D eigenvalue weighted by Crippen LogP contribution is 2.41. The Bertz CT molecular complexity index is 1100. The second-order valence-corrected chi connectivity index (χ2v) is 7.60. The lowest BCUT2D eigenvalue weighted by atomic mass is 9.83. The van der Waals surface area contributed by atoms with Gasteiger partial charge in [0, 0.05) is 17.8 Å². The fraction of sp³-hybridized carbons (Fsp3) is 0.200. The van der Waals surface area contributed by atoms with Gasteiger partial charge >= 0.3 is 0 Å². The normalized spacial score (nSPS) is 18.3. The molecule has 2 atom stereocenters. The van der Waals surface area contributed by atoms with Crippen molar-refractivity contribution in [1.82, 2.24) is 0 Å². The molecule has 1 aliphatic heterocycles. The van der Waals surface area contributed by atoms with Gasteiger partial charge in [-0.25, -0.2) is 8.78 Å². The maximum atomic E-state index is 13.6. The van der Waals surface area contributed by atoms with Crippen LogP contribution in [0.4, 0.5) is 20.2 Å². The summed E-state index contributed by atoms with van der Waals surface area (Å²) in [5, 5.41) is 2.82. The molecule has 1 saturated heterocycles. The Morgan fingerprint density at radius 2 is 1.53 bits per heavy atom. The Hall–Kier alpha value is -3.74. The number of piperidine rings is 1. The second-order valence-electron chi connectivity index (χ2n) is 7.60. The number of nitrogens with zero attached hydrogens (tertiary/aromatic N) is 1. The van der Waals surface area contributed by atoms with E-state index in [-0.39, 0.29) is 18.2 Å². The molecule has 5 nitrogen and oxygen atoms in total. The number of hydrogen-bond acceptors (Lipinski definition) is 3. The van der Waals surface area contributed by atoms with Gasteiger partial charge < -0.3 is 15.0 Å². The van der Waals surface area contributed by atoms with E-state index in [1.165, 1.54) is 36.4 Å². The van der Waals surface area contributed by atoms with Gasteiger partial charge in [0.1, 0.15) is 17.4 Å². The number of nitrogens with one attached hydrogen (secondary N) is 1. The number of carbonyl (C=O) groups excluding carboxylic acids is 2. The number of amides is 2. The Morgan fingerprint density at radius 1 is 0.938 bits per heavy atom. The number of carbonyl (C=O) groups is 2. The van der Waals surface area contributed by atoms with Crippen molar-refractivity contribution < 1.29 is 23.1 Å². The number of hydrogen-bond donors (Lipinski definition) is 1. The molecule has 1 N–H and O–H groups in total. The van der Waals surface area contributed by atoms with Gasteiger partial charge in [-0.2, -0.15) is 0 Å². The predicted molar refractivity (Wildman–Crippen MR) is 117 cm³/mol. The lowest BCUT2D eigenvalue weighted by Crippen LogP contribution is -2.47. The van der Waals surface area contributed by atoms with Gasteiger partial charge in [0.05, 0.1) is 19.1 Å². The molecule has 1 aliphatic rings. The quantitative estimate of drug-likeness (QED) is 0.606. The number of benzene rings is 3. The monoisotopic (exact) mass is 436 g/mol. The van der Waals surface area contributed by atoms with Crippen LogP contribution in [0.25, 0.3) is 0 Å². The molecule has 0 bridgehead atoms. The zero-order chi connectivity index (χ0) is 22.7. The Kier molecular flexibility index (Phi) is 6.16. The Balaban J connectivity index is 1.72. The van der Waals surface area contributed by atoms with Crippen LogP contribution in [-0.2, 0) is 9.59 Å². The van der Waals surface area contributed by atoms with E-state index in [2.05, 4.69) is 5.32 Å². The molecule has 0 aliphatic carbocycles. The Labute approximate surface area is 184 Å². The van der Waals surface area contributed by atoms with E-state index in [4.69, 9.17) is 4.74 Å². The van der Waals surface area contributed by atoms with Crippen molar-refractivity contribution in [3.8, 4) is 5.75 Å². The minimum absolute atomic E-state index is 0.129. The molecule has 1 fully saturated rings. The first-order valence-electron chi connectivity index (χ1n) is 10.2. The van der Waals surface area contributed by atoms with Crippen molar-refractivity contribution in [3.63, 3.8) is 0 Å². The van der Waals surface area contributed by atoms with E-state index >= 15 is 0 Å². The highest BCUT2D eigenvalue weighted by Gasteiger charge is 2.41. The molecule has 3 aromatic carbocycles. The summed E-state index contributed by atoms with van der Waals surface area (Å²) >= 11 is 0. The van der Waals surface area contributed by atoms with Crippen LogP contribution in [0.3, 0.4) is 0 Å². The van der Waals surface area contributed by atoms with Gasteiger partial charge in [-0.3, -0.25) is 9.59 Å². The highest BCUT2D eigenvalue weighted by molar-refractivity contribution is 6.00. The number of ether oxygens (including phenoxy) is 1. The molecule has 1 heterocycles. The molecule has 0 radical (unpaired) electrons. The van der Waals surface area contributed by atoms with E-state index in [0.717, 1.165) is 0 Å². The maximum Gasteiger partial charge on any atom is 0.229 e. The van der Waals surface area contributed by atoms with Gasteiger partial charge in [0.2, 0.25) is 11.8 Å². The predicted octanol–water partition coefficient (Wildman–Crippen LogP) is 5.10. The van der Waals surface area contributed by atoms with Crippen molar-refractivity contribution in [3.05, 3.63) is 90.0 Å². The summed E-state index contributed by atoms with van der Waals surface area (Å²) in [5.41, 5.74) is 1.72. The van der Waals surface area contributed by atoms with Crippen molar-refractivity contribution in [2.75, 3.05) is 17.3 Å². The van der Waals surface area contributed by atoms with Crippen LogP contribution in [0, 0.1) is 17.6 Å². The van der Waals surface area contributed by atoms with Crippen molar-refractivity contribution in [2.45, 2.75) is 18.9 Å². The molecule has 164 valence electrons. The molecule has 7 heteroatoms. The van der Waals surface area contributed by atoms with Crippen LogP contribution in [0.5, 0.6) is 5.75 Å². The summed E-state index contributed by atoms with van der Waals surface area (Å²) in [6.45, 7) is 0. The lowest BCUT2D eigenvalue weighted by molar-refractivity contribution is -0.125. The van der Waals surface area contributed by atoms with Crippen molar-refractivity contribution in [2.24, 2.45) is 5.92 Å². The summed E-state index contributed by atoms with van der Waals surface area (Å²) < 4.78 is 32.0. The largest absolute Gasteiger partial charge is 0.497 e. The second kappa shape index (κ2) is 9.18. The standard InChI is InChI=1S/C25H22F2N2O3/c1-32-21-12-10-20(11-13-21)29-23(30)15-14-22(24(29)16-2-4-17(26)5-3-16)25(31)28-19-8-6-18(27)7-9-19/h2-13,22,24H,14-15H2,1H3,(H,28,31)/t22-,24-/m0/s1. The van der Waals surface area contributed by atoms with E-state index < -0.39 is 23.6 Å². The summed E-state index contributed by atoms with van der Waals surface area (Å²) in [7, 11) is 1.55. The number of methoxy groups -OCH3 is 1. The third-order valence-electron chi connectivity index (χ3n) is 5.61. The lowest BCUT2D eigenvalue weighted by Gasteiger charge is -2.41. The number of halogens is 2.